The summed E-state index contributed by atoms with van der Waals surface area (Å²) in [6.45, 7) is 2.15. The molecule has 8 heteroatoms. The number of fused-ring (bicyclic) bond motifs is 1. The molecule has 4 aliphatic rings. The number of carbonyl (C=O) groups is 3. The number of hydrogen-bond donors (Lipinski definition) is 3. The molecular formula is C23H30N4O4. The smallest absolute Gasteiger partial charge is 0.347 e. The number of hydrogen-bond acceptors (Lipinski definition) is 6. The zero-order chi connectivity index (χ0) is 21.6. The molecule has 1 aromatic rings. The van der Waals surface area contributed by atoms with E-state index in [1.165, 1.54) is 25.7 Å². The first-order valence-corrected chi connectivity index (χ1v) is 11.5. The molecule has 8 nitrogen and oxygen atoms in total. The molecular weight excluding hydrogens is 396 g/mol. The van der Waals surface area contributed by atoms with Gasteiger partial charge in [-0.2, -0.15) is 0 Å². The van der Waals surface area contributed by atoms with Crippen molar-refractivity contribution in [3.8, 4) is 0 Å². The van der Waals surface area contributed by atoms with Crippen LogP contribution in [-0.4, -0.2) is 47.5 Å². The van der Waals surface area contributed by atoms with E-state index in [-0.39, 0.29) is 25.3 Å². The molecule has 3 aliphatic heterocycles. The standard InChI is InChI=1S/C23H30N4O4/c28-20-5-4-19(21(29)26-20)27(31)14-17-16(22(27)30)2-1-3-18(17)25-15-6-8-23(9-7-15)10-12-24-13-11-23/h1-3,15,19,24-25H,4-14H2,(H,26,28,29). The number of nitrogens with zero attached hydrogens (tertiary/aromatic N) is 1. The van der Waals surface area contributed by atoms with Crippen molar-refractivity contribution < 1.29 is 19.0 Å². The third-order valence-corrected chi connectivity index (χ3v) is 7.93. The van der Waals surface area contributed by atoms with Crippen molar-refractivity contribution in [3.63, 3.8) is 0 Å². The highest BCUT2D eigenvalue weighted by molar-refractivity contribution is 6.02. The van der Waals surface area contributed by atoms with E-state index < -0.39 is 22.5 Å². The molecule has 5 rings (SSSR count). The zero-order valence-electron chi connectivity index (χ0n) is 17.7. The third kappa shape index (κ3) is 3.56. The molecule has 3 N–H and O–H groups in total. The number of quaternary nitrogens is 1. The Labute approximate surface area is 181 Å². The van der Waals surface area contributed by atoms with Crippen molar-refractivity contribution in [3.05, 3.63) is 34.5 Å². The molecule has 0 radical (unpaired) electrons. The fourth-order valence-electron chi connectivity index (χ4n) is 5.99. The first kappa shape index (κ1) is 20.6. The maximum absolute atomic E-state index is 13.6. The molecule has 31 heavy (non-hydrogen) atoms. The van der Waals surface area contributed by atoms with Crippen LogP contribution < -0.4 is 16.0 Å². The number of anilines is 1. The van der Waals surface area contributed by atoms with E-state index in [1.54, 1.807) is 12.1 Å². The minimum atomic E-state index is -1.23. The normalized spacial score (nSPS) is 30.9. The average molecular weight is 427 g/mol. The number of nitrogens with one attached hydrogen (secondary N) is 3. The van der Waals surface area contributed by atoms with Gasteiger partial charge in [-0.05, 0) is 69.2 Å². The van der Waals surface area contributed by atoms with E-state index in [1.807, 2.05) is 6.07 Å². The second-order valence-corrected chi connectivity index (χ2v) is 9.73. The summed E-state index contributed by atoms with van der Waals surface area (Å²) in [6.07, 6.45) is 7.28. The van der Waals surface area contributed by atoms with Gasteiger partial charge >= 0.3 is 5.91 Å². The highest BCUT2D eigenvalue weighted by atomic mass is 16.6. The van der Waals surface area contributed by atoms with Crippen molar-refractivity contribution >= 4 is 23.4 Å². The van der Waals surface area contributed by atoms with Crippen LogP contribution in [0, 0.1) is 10.6 Å². The third-order valence-electron chi connectivity index (χ3n) is 7.93. The van der Waals surface area contributed by atoms with E-state index in [0.717, 1.165) is 31.6 Å². The van der Waals surface area contributed by atoms with Gasteiger partial charge in [-0.25, -0.2) is 4.79 Å². The lowest BCUT2D eigenvalue weighted by molar-refractivity contribution is -0.825. The maximum Gasteiger partial charge on any atom is 0.347 e. The monoisotopic (exact) mass is 426 g/mol. The Balaban J connectivity index is 1.32. The summed E-state index contributed by atoms with van der Waals surface area (Å²) in [5.74, 6) is -1.60. The van der Waals surface area contributed by atoms with Gasteiger partial charge in [-0.1, -0.05) is 6.07 Å². The molecule has 0 aromatic heterocycles. The van der Waals surface area contributed by atoms with Crippen molar-refractivity contribution in [1.29, 1.82) is 0 Å². The van der Waals surface area contributed by atoms with Crippen molar-refractivity contribution in [2.75, 3.05) is 18.4 Å². The van der Waals surface area contributed by atoms with Crippen LogP contribution in [0.1, 0.15) is 67.3 Å². The van der Waals surface area contributed by atoms with E-state index in [4.69, 9.17) is 0 Å². The Morgan fingerprint density at radius 2 is 1.77 bits per heavy atom. The summed E-state index contributed by atoms with van der Waals surface area (Å²) >= 11 is 0. The number of hydroxylamine groups is 3. The van der Waals surface area contributed by atoms with E-state index in [9.17, 15) is 19.6 Å². The topological polar surface area (TPSA) is 110 Å². The van der Waals surface area contributed by atoms with E-state index in [2.05, 4.69) is 16.0 Å². The molecule has 2 unspecified atom stereocenters. The van der Waals surface area contributed by atoms with Gasteiger partial charge in [0.05, 0.1) is 5.56 Å². The van der Waals surface area contributed by atoms with Gasteiger partial charge < -0.3 is 15.8 Å². The van der Waals surface area contributed by atoms with Crippen LogP contribution in [0.5, 0.6) is 0 Å². The second-order valence-electron chi connectivity index (χ2n) is 9.73. The summed E-state index contributed by atoms with van der Waals surface area (Å²) in [7, 11) is 0. The van der Waals surface area contributed by atoms with Crippen molar-refractivity contribution in [2.45, 2.75) is 70.0 Å². The average Bonchev–Trinajstić information content (AvgIpc) is 3.03. The van der Waals surface area contributed by atoms with Gasteiger partial charge in [0.15, 0.2) is 6.04 Å². The molecule has 166 valence electrons. The van der Waals surface area contributed by atoms with Crippen LogP contribution in [0.3, 0.4) is 0 Å². The van der Waals surface area contributed by atoms with Crippen LogP contribution in [0.2, 0.25) is 0 Å². The SMILES string of the molecule is O=C1CCC([N+]2([O-])Cc3c(NC4CCC5(CCNCC5)CC4)cccc3C2=O)C(=O)N1. The Hall–Kier alpha value is -2.29. The Bertz CT molecular complexity index is 916. The molecule has 1 aromatic carbocycles. The van der Waals surface area contributed by atoms with Gasteiger partial charge in [-0.3, -0.25) is 19.6 Å². The highest BCUT2D eigenvalue weighted by Gasteiger charge is 2.50. The van der Waals surface area contributed by atoms with Gasteiger partial charge in [0.2, 0.25) is 5.91 Å². The molecule has 0 bridgehead atoms. The predicted molar refractivity (Wildman–Crippen MR) is 115 cm³/mol. The molecule has 3 heterocycles. The van der Waals surface area contributed by atoms with Crippen LogP contribution in [0.25, 0.3) is 0 Å². The van der Waals surface area contributed by atoms with Gasteiger partial charge in [0.1, 0.15) is 6.54 Å². The number of benzene rings is 1. The quantitative estimate of drug-likeness (QED) is 0.388. The molecule has 3 fully saturated rings. The number of amides is 3. The molecule has 3 amide bonds. The van der Waals surface area contributed by atoms with Crippen LogP contribution >= 0.6 is 0 Å². The molecule has 1 saturated carbocycles. The van der Waals surface area contributed by atoms with Crippen molar-refractivity contribution in [2.24, 2.45) is 5.41 Å². The Morgan fingerprint density at radius 1 is 1.03 bits per heavy atom. The first-order chi connectivity index (χ1) is 14.9. The molecule has 2 atom stereocenters. The maximum atomic E-state index is 13.6. The van der Waals surface area contributed by atoms with E-state index in [0.29, 0.717) is 22.6 Å². The Morgan fingerprint density at radius 3 is 2.48 bits per heavy atom. The lowest BCUT2D eigenvalue weighted by atomic mass is 9.67. The predicted octanol–water partition coefficient (Wildman–Crippen LogP) is 2.18. The second kappa shape index (κ2) is 7.69. The summed E-state index contributed by atoms with van der Waals surface area (Å²) in [4.78, 5) is 36.9. The van der Waals surface area contributed by atoms with Crippen molar-refractivity contribution in [1.82, 2.24) is 10.6 Å². The molecule has 2 saturated heterocycles. The van der Waals surface area contributed by atoms with E-state index >= 15 is 0 Å². The fourth-order valence-corrected chi connectivity index (χ4v) is 5.99. The fraction of sp³-hybridized carbons (Fsp3) is 0.609. The molecule has 1 aliphatic carbocycles. The van der Waals surface area contributed by atoms with Gasteiger partial charge in [0, 0.05) is 30.1 Å². The van der Waals surface area contributed by atoms with Crippen LogP contribution in [-0.2, 0) is 16.1 Å². The van der Waals surface area contributed by atoms with Gasteiger partial charge in [0.25, 0.3) is 5.91 Å². The zero-order valence-corrected chi connectivity index (χ0v) is 17.7. The molecule has 1 spiro atoms. The Kier molecular flexibility index (Phi) is 5.11. The highest BCUT2D eigenvalue weighted by Crippen LogP contribution is 2.44. The lowest BCUT2D eigenvalue weighted by Crippen LogP contribution is -2.60. The summed E-state index contributed by atoms with van der Waals surface area (Å²) < 4.78 is -1.23. The largest absolute Gasteiger partial charge is 0.624 e. The number of piperidine rings is 2. The minimum absolute atomic E-state index is 0.0635. The minimum Gasteiger partial charge on any atom is -0.624 e. The van der Waals surface area contributed by atoms with Crippen LogP contribution in [0.4, 0.5) is 5.69 Å². The number of imide groups is 1. The number of carbonyl (C=O) groups excluding carboxylic acids is 3. The summed E-state index contributed by atoms with van der Waals surface area (Å²) in [5.41, 5.74) is 2.41. The number of rotatable bonds is 3. The summed E-state index contributed by atoms with van der Waals surface area (Å²) in [5, 5.41) is 22.9. The van der Waals surface area contributed by atoms with Gasteiger partial charge in [-0.15, -0.1) is 0 Å². The summed E-state index contributed by atoms with van der Waals surface area (Å²) in [6, 6.07) is 4.67. The van der Waals surface area contributed by atoms with Crippen LogP contribution in [0.15, 0.2) is 18.2 Å². The lowest BCUT2D eigenvalue weighted by Gasteiger charge is -2.43. The first-order valence-electron chi connectivity index (χ1n) is 11.5.